The van der Waals surface area contributed by atoms with Gasteiger partial charge in [-0.15, -0.1) is 0 Å². The van der Waals surface area contributed by atoms with Crippen LogP contribution in [0.4, 0.5) is 0 Å². The van der Waals surface area contributed by atoms with Crippen molar-refractivity contribution in [2.75, 3.05) is 0 Å². The molecule has 1 saturated heterocycles. The number of hydrogen-bond acceptors (Lipinski definition) is 1. The molecule has 1 fully saturated rings. The highest BCUT2D eigenvalue weighted by molar-refractivity contribution is 5.27. The van der Waals surface area contributed by atoms with Crippen LogP contribution in [0.1, 0.15) is 91.2 Å². The second kappa shape index (κ2) is 7.60. The van der Waals surface area contributed by atoms with Crippen molar-refractivity contribution in [3.63, 3.8) is 0 Å². The fourth-order valence-electron chi connectivity index (χ4n) is 3.66. The minimum atomic E-state index is 0.301. The molecule has 1 heterocycles. The van der Waals surface area contributed by atoms with Crippen molar-refractivity contribution < 1.29 is 4.74 Å². The largest absolute Gasteiger partial charge is 0.370 e. The van der Waals surface area contributed by atoms with E-state index in [-0.39, 0.29) is 0 Å². The highest BCUT2D eigenvalue weighted by Crippen LogP contribution is 2.43. The lowest BCUT2D eigenvalue weighted by atomic mass is 9.69. The lowest BCUT2D eigenvalue weighted by molar-refractivity contribution is 0.229. The number of aryl methyl sites for hydroxylation is 1. The van der Waals surface area contributed by atoms with Gasteiger partial charge < -0.3 is 4.74 Å². The van der Waals surface area contributed by atoms with Crippen LogP contribution in [0.15, 0.2) is 24.3 Å². The summed E-state index contributed by atoms with van der Waals surface area (Å²) in [4.78, 5) is 0. The molecular formula is C23H38O. The fourth-order valence-corrected chi connectivity index (χ4v) is 3.66. The quantitative estimate of drug-likeness (QED) is 0.398. The van der Waals surface area contributed by atoms with Gasteiger partial charge in [0.1, 0.15) is 0 Å². The Kier molecular flexibility index (Phi) is 6.18. The summed E-state index contributed by atoms with van der Waals surface area (Å²) < 4.78 is 5.48. The number of rotatable bonds is 7. The molecule has 0 saturated carbocycles. The minimum Gasteiger partial charge on any atom is -0.370 e. The average Bonchev–Trinajstić information content (AvgIpc) is 3.16. The van der Waals surface area contributed by atoms with Crippen LogP contribution in [-0.4, -0.2) is 12.2 Å². The minimum absolute atomic E-state index is 0.301. The van der Waals surface area contributed by atoms with Gasteiger partial charge in [0.25, 0.3) is 0 Å². The maximum absolute atomic E-state index is 5.48. The highest BCUT2D eigenvalue weighted by Gasteiger charge is 2.33. The Hall–Kier alpha value is -0.820. The third-order valence-corrected chi connectivity index (χ3v) is 5.28. The lowest BCUT2D eigenvalue weighted by Crippen LogP contribution is -2.23. The number of unbranched alkanes of at least 4 members (excludes halogenated alkanes) is 1. The zero-order valence-corrected chi connectivity index (χ0v) is 17.0. The Morgan fingerprint density at radius 3 is 2.00 bits per heavy atom. The fraction of sp³-hybridized carbons (Fsp3) is 0.739. The molecule has 0 aromatic heterocycles. The van der Waals surface area contributed by atoms with E-state index in [2.05, 4.69) is 72.7 Å². The van der Waals surface area contributed by atoms with Crippen molar-refractivity contribution in [1.82, 2.24) is 0 Å². The van der Waals surface area contributed by atoms with Crippen LogP contribution < -0.4 is 0 Å². The normalized spacial score (nSPS) is 22.5. The van der Waals surface area contributed by atoms with Crippen molar-refractivity contribution in [1.29, 1.82) is 0 Å². The standard InChI is InChI=1S/C23H38O/c1-17-21(24-17)11-9-8-10-18-12-14-19(15-13-18)20(23(5,6)7)16-22(2,3)4/h12-15,17,20-21H,8-11,16H2,1-7H3. The van der Waals surface area contributed by atoms with Crippen LogP contribution in [0.3, 0.4) is 0 Å². The van der Waals surface area contributed by atoms with Gasteiger partial charge >= 0.3 is 0 Å². The van der Waals surface area contributed by atoms with E-state index in [1.165, 1.54) is 43.2 Å². The first kappa shape index (κ1) is 19.5. The zero-order valence-electron chi connectivity index (χ0n) is 17.0. The SMILES string of the molecule is CC1OC1CCCCc1ccc(C(CC(C)(C)C)C(C)(C)C)cc1. The summed E-state index contributed by atoms with van der Waals surface area (Å²) in [5.41, 5.74) is 3.64. The van der Waals surface area contributed by atoms with E-state index in [0.717, 1.165) is 0 Å². The molecule has 1 aliphatic rings. The van der Waals surface area contributed by atoms with E-state index in [4.69, 9.17) is 4.74 Å². The maximum atomic E-state index is 5.48. The molecule has 2 rings (SSSR count). The molecule has 0 N–H and O–H groups in total. The molecular weight excluding hydrogens is 292 g/mol. The van der Waals surface area contributed by atoms with E-state index in [1.54, 1.807) is 0 Å². The molecule has 0 spiro atoms. The maximum Gasteiger partial charge on any atom is 0.0839 e. The van der Waals surface area contributed by atoms with Gasteiger partial charge in [-0.2, -0.15) is 0 Å². The van der Waals surface area contributed by atoms with E-state index in [1.807, 2.05) is 0 Å². The Bertz CT molecular complexity index is 500. The van der Waals surface area contributed by atoms with E-state index in [9.17, 15) is 0 Å². The zero-order chi connectivity index (χ0) is 18.0. The topological polar surface area (TPSA) is 12.5 Å². The molecule has 1 aromatic carbocycles. The monoisotopic (exact) mass is 330 g/mol. The third kappa shape index (κ3) is 6.24. The Morgan fingerprint density at radius 1 is 0.958 bits per heavy atom. The van der Waals surface area contributed by atoms with Gasteiger partial charge in [-0.1, -0.05) is 72.2 Å². The lowest BCUT2D eigenvalue weighted by Gasteiger charge is -2.36. The summed E-state index contributed by atoms with van der Waals surface area (Å²) >= 11 is 0. The summed E-state index contributed by atoms with van der Waals surface area (Å²) in [6.45, 7) is 16.3. The van der Waals surface area contributed by atoms with Gasteiger partial charge in [-0.05, 0) is 60.5 Å². The molecule has 0 amide bonds. The summed E-state index contributed by atoms with van der Waals surface area (Å²) in [5, 5.41) is 0. The van der Waals surface area contributed by atoms with Crippen molar-refractivity contribution >= 4 is 0 Å². The second-order valence-corrected chi connectivity index (χ2v) is 10.1. The smallest absolute Gasteiger partial charge is 0.0839 e. The van der Waals surface area contributed by atoms with Crippen LogP contribution in [0.2, 0.25) is 0 Å². The summed E-state index contributed by atoms with van der Waals surface area (Å²) in [7, 11) is 0. The predicted octanol–water partition coefficient (Wildman–Crippen LogP) is 6.75. The molecule has 0 bridgehead atoms. The number of hydrogen-bond donors (Lipinski definition) is 0. The number of epoxide rings is 1. The van der Waals surface area contributed by atoms with Crippen LogP contribution >= 0.6 is 0 Å². The molecule has 3 unspecified atom stereocenters. The molecule has 1 heteroatoms. The Morgan fingerprint density at radius 2 is 1.54 bits per heavy atom. The van der Waals surface area contributed by atoms with Crippen LogP contribution in [-0.2, 0) is 11.2 Å². The molecule has 1 aliphatic heterocycles. The first-order chi connectivity index (χ1) is 11.1. The summed E-state index contributed by atoms with van der Waals surface area (Å²) in [5.74, 6) is 0.611. The van der Waals surface area contributed by atoms with Gasteiger partial charge in [0, 0.05) is 0 Å². The van der Waals surface area contributed by atoms with E-state index >= 15 is 0 Å². The Labute approximate surface area is 150 Å². The van der Waals surface area contributed by atoms with Gasteiger partial charge in [-0.25, -0.2) is 0 Å². The molecule has 1 nitrogen and oxygen atoms in total. The van der Waals surface area contributed by atoms with Crippen molar-refractivity contribution in [2.24, 2.45) is 10.8 Å². The second-order valence-electron chi connectivity index (χ2n) is 10.1. The van der Waals surface area contributed by atoms with Crippen molar-refractivity contribution in [3.8, 4) is 0 Å². The van der Waals surface area contributed by atoms with Crippen molar-refractivity contribution in [3.05, 3.63) is 35.4 Å². The first-order valence-corrected chi connectivity index (χ1v) is 9.80. The van der Waals surface area contributed by atoms with Gasteiger partial charge in [0.2, 0.25) is 0 Å². The average molecular weight is 331 g/mol. The molecule has 1 aromatic rings. The van der Waals surface area contributed by atoms with Crippen molar-refractivity contribution in [2.45, 2.75) is 98.7 Å². The van der Waals surface area contributed by atoms with E-state index in [0.29, 0.717) is 29.0 Å². The van der Waals surface area contributed by atoms with Crippen LogP contribution in [0, 0.1) is 10.8 Å². The third-order valence-electron chi connectivity index (χ3n) is 5.28. The van der Waals surface area contributed by atoms with Gasteiger partial charge in [0.15, 0.2) is 0 Å². The highest BCUT2D eigenvalue weighted by atomic mass is 16.6. The van der Waals surface area contributed by atoms with Gasteiger partial charge in [-0.3, -0.25) is 0 Å². The van der Waals surface area contributed by atoms with Gasteiger partial charge in [0.05, 0.1) is 12.2 Å². The van der Waals surface area contributed by atoms with E-state index < -0.39 is 0 Å². The summed E-state index contributed by atoms with van der Waals surface area (Å²) in [6, 6.07) is 9.46. The predicted molar refractivity (Wildman–Crippen MR) is 105 cm³/mol. The Balaban J connectivity index is 1.90. The van der Waals surface area contributed by atoms with Crippen LogP contribution in [0.5, 0.6) is 0 Å². The summed E-state index contributed by atoms with van der Waals surface area (Å²) in [6.07, 6.45) is 7.29. The molecule has 24 heavy (non-hydrogen) atoms. The molecule has 136 valence electrons. The molecule has 0 aliphatic carbocycles. The molecule has 3 atom stereocenters. The van der Waals surface area contributed by atoms with Crippen LogP contribution in [0.25, 0.3) is 0 Å². The number of ether oxygens (including phenoxy) is 1. The molecule has 0 radical (unpaired) electrons. The number of benzene rings is 1. The first-order valence-electron chi connectivity index (χ1n) is 9.80.